The van der Waals surface area contributed by atoms with Crippen LogP contribution < -0.4 is 14.8 Å². The molecular formula is C21H20ClNO5. The lowest BCUT2D eigenvalue weighted by Crippen LogP contribution is -2.12. The minimum atomic E-state index is -0.305. The first-order valence-corrected chi connectivity index (χ1v) is 9.05. The molecule has 0 bridgehead atoms. The van der Waals surface area contributed by atoms with Crippen LogP contribution in [-0.2, 0) is 6.61 Å². The normalized spacial score (nSPS) is 10.6. The number of halogens is 1. The van der Waals surface area contributed by atoms with Crippen molar-refractivity contribution < 1.29 is 23.8 Å². The zero-order valence-corrected chi connectivity index (χ0v) is 16.2. The molecule has 0 aliphatic carbocycles. The van der Waals surface area contributed by atoms with Crippen molar-refractivity contribution in [3.8, 4) is 22.8 Å². The van der Waals surface area contributed by atoms with Crippen LogP contribution in [0.4, 0.5) is 5.69 Å². The zero-order chi connectivity index (χ0) is 20.1. The summed E-state index contributed by atoms with van der Waals surface area (Å²) in [6.45, 7) is 2.18. The quantitative estimate of drug-likeness (QED) is 0.597. The number of hydrogen-bond acceptors (Lipinski definition) is 5. The number of carbonyl (C=O) groups is 1. The SMILES string of the molecule is CCOc1ccc(C(=O)Nc2ccc(-c3ccc(CO)o3)c(OC)c2)cc1Cl. The Balaban J connectivity index is 1.80. The van der Waals surface area contributed by atoms with Crippen LogP contribution in [-0.4, -0.2) is 24.7 Å². The van der Waals surface area contributed by atoms with Crippen LogP contribution >= 0.6 is 11.6 Å². The molecule has 1 aromatic heterocycles. The number of nitrogens with one attached hydrogen (secondary N) is 1. The largest absolute Gasteiger partial charge is 0.496 e. The number of hydrogen-bond donors (Lipinski definition) is 2. The van der Waals surface area contributed by atoms with Crippen molar-refractivity contribution in [2.75, 3.05) is 19.0 Å². The van der Waals surface area contributed by atoms with Crippen molar-refractivity contribution >= 4 is 23.2 Å². The lowest BCUT2D eigenvalue weighted by atomic mass is 10.1. The Bertz CT molecular complexity index is 983. The summed E-state index contributed by atoms with van der Waals surface area (Å²) in [6, 6.07) is 13.5. The van der Waals surface area contributed by atoms with Gasteiger partial charge in [0.2, 0.25) is 0 Å². The molecule has 2 aromatic carbocycles. The number of anilines is 1. The van der Waals surface area contributed by atoms with Gasteiger partial charge in [0, 0.05) is 17.3 Å². The Morgan fingerprint density at radius 1 is 1.14 bits per heavy atom. The molecule has 0 spiro atoms. The molecule has 6 nitrogen and oxygen atoms in total. The number of aliphatic hydroxyl groups excluding tert-OH is 1. The summed E-state index contributed by atoms with van der Waals surface area (Å²) in [7, 11) is 1.53. The third-order valence-electron chi connectivity index (χ3n) is 4.04. The second-order valence-electron chi connectivity index (χ2n) is 5.87. The second kappa shape index (κ2) is 8.82. The van der Waals surface area contributed by atoms with E-state index in [2.05, 4.69) is 5.32 Å². The van der Waals surface area contributed by atoms with Gasteiger partial charge < -0.3 is 24.3 Å². The first-order chi connectivity index (χ1) is 13.5. The van der Waals surface area contributed by atoms with Gasteiger partial charge in [-0.2, -0.15) is 0 Å². The Hall–Kier alpha value is -2.96. The maximum absolute atomic E-state index is 12.5. The fourth-order valence-corrected chi connectivity index (χ4v) is 2.93. The second-order valence-corrected chi connectivity index (χ2v) is 6.28. The van der Waals surface area contributed by atoms with Gasteiger partial charge in [0.25, 0.3) is 5.91 Å². The molecule has 0 saturated carbocycles. The van der Waals surface area contributed by atoms with Crippen LogP contribution in [0.15, 0.2) is 52.9 Å². The molecule has 0 radical (unpaired) electrons. The number of furan rings is 1. The van der Waals surface area contributed by atoms with Gasteiger partial charge in [-0.1, -0.05) is 11.6 Å². The van der Waals surface area contributed by atoms with Crippen LogP contribution in [0, 0.1) is 0 Å². The van der Waals surface area contributed by atoms with Gasteiger partial charge in [-0.25, -0.2) is 0 Å². The number of carbonyl (C=O) groups excluding carboxylic acids is 1. The van der Waals surface area contributed by atoms with E-state index in [1.54, 1.807) is 48.5 Å². The van der Waals surface area contributed by atoms with E-state index in [0.29, 0.717) is 51.5 Å². The summed E-state index contributed by atoms with van der Waals surface area (Å²) < 4.78 is 16.4. The van der Waals surface area contributed by atoms with E-state index in [4.69, 9.17) is 30.6 Å². The van der Waals surface area contributed by atoms with Crippen LogP contribution in [0.1, 0.15) is 23.0 Å². The molecule has 1 heterocycles. The fraction of sp³-hybridized carbons (Fsp3) is 0.190. The maximum atomic E-state index is 12.5. The number of methoxy groups -OCH3 is 1. The minimum absolute atomic E-state index is 0.179. The molecule has 3 aromatic rings. The maximum Gasteiger partial charge on any atom is 0.255 e. The van der Waals surface area contributed by atoms with Crippen molar-refractivity contribution in [3.05, 3.63) is 64.9 Å². The van der Waals surface area contributed by atoms with E-state index in [1.165, 1.54) is 7.11 Å². The van der Waals surface area contributed by atoms with Crippen molar-refractivity contribution in [1.82, 2.24) is 0 Å². The molecule has 0 saturated heterocycles. The van der Waals surface area contributed by atoms with Crippen molar-refractivity contribution in [2.45, 2.75) is 13.5 Å². The molecule has 0 aliphatic heterocycles. The Morgan fingerprint density at radius 3 is 2.61 bits per heavy atom. The van der Waals surface area contributed by atoms with Gasteiger partial charge in [-0.3, -0.25) is 4.79 Å². The average molecular weight is 402 g/mol. The molecular weight excluding hydrogens is 382 g/mol. The zero-order valence-electron chi connectivity index (χ0n) is 15.5. The molecule has 28 heavy (non-hydrogen) atoms. The smallest absolute Gasteiger partial charge is 0.255 e. The van der Waals surface area contributed by atoms with E-state index in [0.717, 1.165) is 0 Å². The van der Waals surface area contributed by atoms with Gasteiger partial charge in [0.1, 0.15) is 29.6 Å². The van der Waals surface area contributed by atoms with E-state index < -0.39 is 0 Å². The summed E-state index contributed by atoms with van der Waals surface area (Å²) in [5.74, 6) is 1.79. The summed E-state index contributed by atoms with van der Waals surface area (Å²) in [5.41, 5.74) is 1.68. The highest BCUT2D eigenvalue weighted by Crippen LogP contribution is 2.34. The van der Waals surface area contributed by atoms with Crippen LogP contribution in [0.2, 0.25) is 5.02 Å². The summed E-state index contributed by atoms with van der Waals surface area (Å²) in [4.78, 5) is 12.5. The molecule has 0 fully saturated rings. The monoisotopic (exact) mass is 401 g/mol. The minimum Gasteiger partial charge on any atom is -0.496 e. The molecule has 1 amide bonds. The third-order valence-corrected chi connectivity index (χ3v) is 4.33. The average Bonchev–Trinajstić information content (AvgIpc) is 3.18. The first-order valence-electron chi connectivity index (χ1n) is 8.67. The van der Waals surface area contributed by atoms with E-state index in [1.807, 2.05) is 6.92 Å². The van der Waals surface area contributed by atoms with Gasteiger partial charge in [0.05, 0.1) is 24.3 Å². The molecule has 146 valence electrons. The molecule has 0 aliphatic rings. The number of amides is 1. The molecule has 3 rings (SSSR count). The highest BCUT2D eigenvalue weighted by molar-refractivity contribution is 6.32. The van der Waals surface area contributed by atoms with Gasteiger partial charge in [0.15, 0.2) is 0 Å². The lowest BCUT2D eigenvalue weighted by molar-refractivity contribution is 0.102. The van der Waals surface area contributed by atoms with Gasteiger partial charge in [-0.05, 0) is 49.4 Å². The van der Waals surface area contributed by atoms with E-state index in [9.17, 15) is 4.79 Å². The molecule has 0 unspecified atom stereocenters. The highest BCUT2D eigenvalue weighted by atomic mass is 35.5. The standard InChI is InChI=1S/C21H20ClNO5/c1-3-27-19-8-4-13(10-17(19)22)21(25)23-14-5-7-16(20(11-14)26-2)18-9-6-15(12-24)28-18/h4-11,24H,3,12H2,1-2H3,(H,23,25). The van der Waals surface area contributed by atoms with E-state index >= 15 is 0 Å². The topological polar surface area (TPSA) is 80.9 Å². The van der Waals surface area contributed by atoms with Gasteiger partial charge >= 0.3 is 0 Å². The molecule has 2 N–H and O–H groups in total. The number of ether oxygens (including phenoxy) is 2. The van der Waals surface area contributed by atoms with Crippen LogP contribution in [0.3, 0.4) is 0 Å². The fourth-order valence-electron chi connectivity index (χ4n) is 2.70. The van der Waals surface area contributed by atoms with Crippen LogP contribution in [0.25, 0.3) is 11.3 Å². The first kappa shape index (κ1) is 19.8. The van der Waals surface area contributed by atoms with E-state index in [-0.39, 0.29) is 12.5 Å². The number of aliphatic hydroxyl groups is 1. The predicted molar refractivity (Wildman–Crippen MR) is 107 cm³/mol. The Labute approximate surface area is 167 Å². The van der Waals surface area contributed by atoms with Crippen LogP contribution in [0.5, 0.6) is 11.5 Å². The summed E-state index contributed by atoms with van der Waals surface area (Å²) in [6.07, 6.45) is 0. The van der Waals surface area contributed by atoms with Crippen molar-refractivity contribution in [2.24, 2.45) is 0 Å². The summed E-state index contributed by atoms with van der Waals surface area (Å²) >= 11 is 6.15. The molecule has 7 heteroatoms. The van der Waals surface area contributed by atoms with Crippen molar-refractivity contribution in [1.29, 1.82) is 0 Å². The highest BCUT2D eigenvalue weighted by Gasteiger charge is 2.14. The number of benzene rings is 2. The Morgan fingerprint density at radius 2 is 1.96 bits per heavy atom. The lowest BCUT2D eigenvalue weighted by Gasteiger charge is -2.11. The Kier molecular flexibility index (Phi) is 6.23. The third kappa shape index (κ3) is 4.30. The summed E-state index contributed by atoms with van der Waals surface area (Å²) in [5, 5.41) is 12.3. The molecule has 0 atom stereocenters. The number of rotatable bonds is 7. The predicted octanol–water partition coefficient (Wildman–Crippen LogP) is 4.75. The van der Waals surface area contributed by atoms with Gasteiger partial charge in [-0.15, -0.1) is 0 Å². The van der Waals surface area contributed by atoms with Crippen molar-refractivity contribution in [3.63, 3.8) is 0 Å².